The van der Waals surface area contributed by atoms with E-state index in [1.807, 2.05) is 12.1 Å². The molecule has 17 heavy (non-hydrogen) atoms. The Morgan fingerprint density at radius 2 is 1.41 bits per heavy atom. The van der Waals surface area contributed by atoms with Gasteiger partial charge in [0.2, 0.25) is 0 Å². The number of rotatable bonds is 3. The Kier molecular flexibility index (Phi) is 3.67. The van der Waals surface area contributed by atoms with Crippen molar-refractivity contribution < 1.29 is 9.00 Å². The minimum Gasteiger partial charge on any atom is -0.268 e. The van der Waals surface area contributed by atoms with E-state index in [1.54, 1.807) is 48.5 Å². The Morgan fingerprint density at radius 3 is 2.00 bits per heavy atom. The van der Waals surface area contributed by atoms with Crippen molar-refractivity contribution in [2.24, 2.45) is 0 Å². The maximum Gasteiger partial charge on any atom is 0.263 e. The largest absolute Gasteiger partial charge is 0.268 e. The number of carbonyl (C=O) groups excluding carboxylic acids is 1. The molecule has 0 heterocycles. The molecule has 3 nitrogen and oxygen atoms in total. The predicted molar refractivity (Wildman–Crippen MR) is 66.8 cm³/mol. The highest BCUT2D eigenvalue weighted by molar-refractivity contribution is 7.83. The molecule has 0 fully saturated rings. The van der Waals surface area contributed by atoms with Gasteiger partial charge < -0.3 is 0 Å². The number of nitrogens with one attached hydrogen (secondary N) is 1. The summed E-state index contributed by atoms with van der Waals surface area (Å²) in [6, 6.07) is 17.5. The highest BCUT2D eigenvalue weighted by Gasteiger charge is 2.09. The van der Waals surface area contributed by atoms with Gasteiger partial charge in [-0.25, -0.2) is 4.21 Å². The first-order chi connectivity index (χ1) is 8.27. The SMILES string of the molecule is O=C(NS(=O)c1ccccc1)c1ccccc1. The topological polar surface area (TPSA) is 46.2 Å². The summed E-state index contributed by atoms with van der Waals surface area (Å²) in [6.45, 7) is 0. The second-order valence-corrected chi connectivity index (χ2v) is 4.59. The lowest BCUT2D eigenvalue weighted by molar-refractivity contribution is 0.0983. The van der Waals surface area contributed by atoms with Gasteiger partial charge in [0.25, 0.3) is 5.91 Å². The zero-order chi connectivity index (χ0) is 12.1. The summed E-state index contributed by atoms with van der Waals surface area (Å²) in [5, 5.41) is 0. The fourth-order valence-corrected chi connectivity index (χ4v) is 2.14. The zero-order valence-electron chi connectivity index (χ0n) is 9.00. The molecule has 2 aromatic rings. The monoisotopic (exact) mass is 245 g/mol. The summed E-state index contributed by atoms with van der Waals surface area (Å²) in [5.41, 5.74) is 0.497. The van der Waals surface area contributed by atoms with Crippen LogP contribution in [0.15, 0.2) is 65.6 Å². The average Bonchev–Trinajstić information content (AvgIpc) is 2.40. The van der Waals surface area contributed by atoms with Gasteiger partial charge in [0.05, 0.1) is 4.90 Å². The van der Waals surface area contributed by atoms with Crippen molar-refractivity contribution in [1.29, 1.82) is 0 Å². The molecular weight excluding hydrogens is 234 g/mol. The van der Waals surface area contributed by atoms with Crippen LogP contribution in [0.5, 0.6) is 0 Å². The number of hydrogen-bond acceptors (Lipinski definition) is 2. The van der Waals surface area contributed by atoms with Crippen molar-refractivity contribution in [2.45, 2.75) is 4.90 Å². The molecule has 0 aliphatic carbocycles. The van der Waals surface area contributed by atoms with Crippen molar-refractivity contribution in [1.82, 2.24) is 4.72 Å². The normalized spacial score (nSPS) is 11.8. The van der Waals surface area contributed by atoms with Crippen LogP contribution in [-0.4, -0.2) is 10.1 Å². The van der Waals surface area contributed by atoms with Crippen molar-refractivity contribution in [2.75, 3.05) is 0 Å². The Hall–Kier alpha value is -1.94. The van der Waals surface area contributed by atoms with Crippen LogP contribution in [0.25, 0.3) is 0 Å². The first kappa shape index (κ1) is 11.5. The van der Waals surface area contributed by atoms with Crippen LogP contribution in [0, 0.1) is 0 Å². The molecule has 0 radical (unpaired) electrons. The lowest BCUT2D eigenvalue weighted by Crippen LogP contribution is -2.25. The van der Waals surface area contributed by atoms with Gasteiger partial charge in [0.15, 0.2) is 11.0 Å². The summed E-state index contributed by atoms with van der Waals surface area (Å²) in [4.78, 5) is 12.3. The minimum absolute atomic E-state index is 0.340. The molecule has 0 saturated carbocycles. The van der Waals surface area contributed by atoms with Crippen molar-refractivity contribution in [3.05, 3.63) is 66.2 Å². The molecule has 0 aliphatic rings. The first-order valence-electron chi connectivity index (χ1n) is 5.10. The average molecular weight is 245 g/mol. The van der Waals surface area contributed by atoms with E-state index in [4.69, 9.17) is 0 Å². The minimum atomic E-state index is -1.51. The van der Waals surface area contributed by atoms with Crippen molar-refractivity contribution >= 4 is 16.9 Å². The lowest BCUT2D eigenvalue weighted by Gasteiger charge is -2.04. The maximum absolute atomic E-state index is 11.8. The standard InChI is InChI=1S/C13H11NO2S/c15-13(11-7-3-1-4-8-11)14-17(16)12-9-5-2-6-10-12/h1-10H,(H,14,15). The highest BCUT2D eigenvalue weighted by atomic mass is 32.2. The third-order valence-electron chi connectivity index (χ3n) is 2.18. The number of benzene rings is 2. The smallest absolute Gasteiger partial charge is 0.263 e. The second kappa shape index (κ2) is 5.41. The summed E-state index contributed by atoms with van der Waals surface area (Å²) in [7, 11) is -1.51. The number of hydrogen-bond donors (Lipinski definition) is 1. The Balaban J connectivity index is 2.08. The predicted octanol–water partition coefficient (Wildman–Crippen LogP) is 2.14. The van der Waals surface area contributed by atoms with E-state index in [-0.39, 0.29) is 5.91 Å². The van der Waals surface area contributed by atoms with Crippen LogP contribution in [0.1, 0.15) is 10.4 Å². The maximum atomic E-state index is 11.8. The van der Waals surface area contributed by atoms with Gasteiger partial charge in [0.1, 0.15) is 0 Å². The zero-order valence-corrected chi connectivity index (χ0v) is 9.81. The molecule has 1 unspecified atom stereocenters. The van der Waals surface area contributed by atoms with Crippen LogP contribution in [0.2, 0.25) is 0 Å². The van der Waals surface area contributed by atoms with Gasteiger partial charge in [-0.2, -0.15) is 0 Å². The fourth-order valence-electron chi connectivity index (χ4n) is 1.34. The van der Waals surface area contributed by atoms with Gasteiger partial charge in [-0.3, -0.25) is 9.52 Å². The second-order valence-electron chi connectivity index (χ2n) is 3.38. The Labute approximate surface area is 102 Å². The number of carbonyl (C=O) groups is 1. The van der Waals surface area contributed by atoms with E-state index in [0.717, 1.165) is 0 Å². The van der Waals surface area contributed by atoms with Gasteiger partial charge in [-0.15, -0.1) is 0 Å². The van der Waals surface area contributed by atoms with Crippen molar-refractivity contribution in [3.8, 4) is 0 Å². The quantitative estimate of drug-likeness (QED) is 0.900. The summed E-state index contributed by atoms with van der Waals surface area (Å²) in [5.74, 6) is -0.340. The van der Waals surface area contributed by atoms with Gasteiger partial charge in [-0.05, 0) is 24.3 Å². The number of amides is 1. The Bertz CT molecular complexity index is 476. The Morgan fingerprint density at radius 1 is 0.882 bits per heavy atom. The van der Waals surface area contributed by atoms with E-state index >= 15 is 0 Å². The molecule has 2 aromatic carbocycles. The third-order valence-corrected chi connectivity index (χ3v) is 3.25. The molecule has 0 spiro atoms. The molecule has 0 aromatic heterocycles. The van der Waals surface area contributed by atoms with Crippen LogP contribution < -0.4 is 4.72 Å². The molecule has 2 rings (SSSR count). The first-order valence-corrected chi connectivity index (χ1v) is 6.25. The molecule has 1 amide bonds. The van der Waals surface area contributed by atoms with E-state index < -0.39 is 11.0 Å². The van der Waals surface area contributed by atoms with E-state index in [1.165, 1.54) is 0 Å². The van der Waals surface area contributed by atoms with Crippen LogP contribution >= 0.6 is 0 Å². The van der Waals surface area contributed by atoms with E-state index in [9.17, 15) is 9.00 Å². The van der Waals surface area contributed by atoms with Crippen LogP contribution in [-0.2, 0) is 11.0 Å². The molecule has 86 valence electrons. The van der Waals surface area contributed by atoms with Crippen LogP contribution in [0.4, 0.5) is 0 Å². The summed E-state index contributed by atoms with van der Waals surface area (Å²) in [6.07, 6.45) is 0. The van der Waals surface area contributed by atoms with Gasteiger partial charge in [0, 0.05) is 5.56 Å². The molecular formula is C13H11NO2S. The molecule has 1 N–H and O–H groups in total. The summed E-state index contributed by atoms with van der Waals surface area (Å²) >= 11 is 0. The van der Waals surface area contributed by atoms with Crippen LogP contribution in [0.3, 0.4) is 0 Å². The van der Waals surface area contributed by atoms with E-state index in [2.05, 4.69) is 4.72 Å². The molecule has 0 saturated heterocycles. The molecule has 1 atom stereocenters. The molecule has 0 bridgehead atoms. The lowest BCUT2D eigenvalue weighted by atomic mass is 10.2. The van der Waals surface area contributed by atoms with Crippen molar-refractivity contribution in [3.63, 3.8) is 0 Å². The summed E-state index contributed by atoms with van der Waals surface area (Å²) < 4.78 is 14.3. The molecule has 0 aliphatic heterocycles. The molecule has 4 heteroatoms. The van der Waals surface area contributed by atoms with E-state index in [0.29, 0.717) is 10.5 Å². The third kappa shape index (κ3) is 3.01. The fraction of sp³-hybridized carbons (Fsp3) is 0. The highest BCUT2D eigenvalue weighted by Crippen LogP contribution is 2.04. The van der Waals surface area contributed by atoms with Gasteiger partial charge in [-0.1, -0.05) is 36.4 Å². The van der Waals surface area contributed by atoms with Gasteiger partial charge >= 0.3 is 0 Å².